The van der Waals surface area contributed by atoms with E-state index in [0.29, 0.717) is 11.4 Å². The molecule has 2 rings (SSSR count). The second-order valence-corrected chi connectivity index (χ2v) is 5.53. The fourth-order valence-corrected chi connectivity index (χ4v) is 2.46. The van der Waals surface area contributed by atoms with Gasteiger partial charge in [-0.1, -0.05) is 50.5 Å². The number of unbranched alkanes of at least 4 members (excludes halogenated alkanes) is 3. The first-order valence-electron chi connectivity index (χ1n) is 8.03. The maximum absolute atomic E-state index is 12.7. The van der Waals surface area contributed by atoms with Gasteiger partial charge in [-0.3, -0.25) is 4.79 Å². The van der Waals surface area contributed by atoms with Crippen LogP contribution >= 0.6 is 0 Å². The number of ketones is 1. The summed E-state index contributed by atoms with van der Waals surface area (Å²) < 4.78 is 0. The molecule has 0 saturated carbocycles. The van der Waals surface area contributed by atoms with Crippen LogP contribution in [0.5, 0.6) is 0 Å². The van der Waals surface area contributed by atoms with Gasteiger partial charge in [-0.25, -0.2) is 4.98 Å². The molecule has 3 nitrogen and oxygen atoms in total. The minimum atomic E-state index is 0.0299. The predicted molar refractivity (Wildman–Crippen MR) is 91.5 cm³/mol. The highest BCUT2D eigenvalue weighted by molar-refractivity contribution is 6.12. The zero-order valence-electron chi connectivity index (χ0n) is 13.4. The molecule has 1 N–H and O–H groups in total. The summed E-state index contributed by atoms with van der Waals surface area (Å²) >= 11 is 0. The van der Waals surface area contributed by atoms with Gasteiger partial charge in [0.05, 0.1) is 5.56 Å². The summed E-state index contributed by atoms with van der Waals surface area (Å²) in [6.45, 7) is 5.01. The topological polar surface area (TPSA) is 42.0 Å². The number of carbonyl (C=O) groups excluding carboxylic acids is 1. The van der Waals surface area contributed by atoms with Crippen molar-refractivity contribution in [2.24, 2.45) is 0 Å². The number of nitrogens with one attached hydrogen (secondary N) is 1. The van der Waals surface area contributed by atoms with Crippen LogP contribution in [0.15, 0.2) is 42.6 Å². The molecule has 0 aliphatic carbocycles. The maximum Gasteiger partial charge on any atom is 0.196 e. The Balaban J connectivity index is 2.11. The Bertz CT molecular complexity index is 622. The van der Waals surface area contributed by atoms with E-state index < -0.39 is 0 Å². The lowest BCUT2D eigenvalue weighted by atomic mass is 9.99. The predicted octanol–water partition coefficient (Wildman–Crippen LogP) is 4.61. The third-order valence-corrected chi connectivity index (χ3v) is 3.76. The molecule has 0 aliphatic rings. The Kier molecular flexibility index (Phi) is 6.13. The van der Waals surface area contributed by atoms with E-state index in [4.69, 9.17) is 0 Å². The van der Waals surface area contributed by atoms with Gasteiger partial charge in [0.15, 0.2) is 5.78 Å². The van der Waals surface area contributed by atoms with Crippen LogP contribution < -0.4 is 5.32 Å². The largest absolute Gasteiger partial charge is 0.369 e. The highest BCUT2D eigenvalue weighted by Gasteiger charge is 2.15. The van der Waals surface area contributed by atoms with E-state index in [1.807, 2.05) is 43.3 Å². The van der Waals surface area contributed by atoms with Gasteiger partial charge >= 0.3 is 0 Å². The van der Waals surface area contributed by atoms with E-state index in [0.717, 1.165) is 24.1 Å². The molecule has 2 aromatic rings. The smallest absolute Gasteiger partial charge is 0.196 e. The van der Waals surface area contributed by atoms with Crippen molar-refractivity contribution in [3.8, 4) is 0 Å². The second kappa shape index (κ2) is 8.32. The van der Waals surface area contributed by atoms with Crippen LogP contribution in [0.4, 0.5) is 5.82 Å². The zero-order chi connectivity index (χ0) is 15.8. The molecule has 1 aromatic heterocycles. The van der Waals surface area contributed by atoms with Crippen molar-refractivity contribution in [1.82, 2.24) is 4.98 Å². The summed E-state index contributed by atoms with van der Waals surface area (Å²) in [4.78, 5) is 17.1. The van der Waals surface area contributed by atoms with E-state index in [2.05, 4.69) is 17.2 Å². The summed E-state index contributed by atoms with van der Waals surface area (Å²) in [5, 5.41) is 3.31. The van der Waals surface area contributed by atoms with Crippen LogP contribution in [-0.2, 0) is 0 Å². The van der Waals surface area contributed by atoms with E-state index in [-0.39, 0.29) is 5.78 Å². The lowest BCUT2D eigenvalue weighted by molar-refractivity contribution is 0.103. The standard InChI is InChI=1S/C19H24N2O/c1-3-4-5-8-13-20-19-17(12-9-14-21-19)18(22)16-11-7-6-10-15(16)2/h6-7,9-12,14H,3-5,8,13H2,1-2H3,(H,20,21). The molecule has 0 fully saturated rings. The molecule has 1 aromatic carbocycles. The van der Waals surface area contributed by atoms with Crippen LogP contribution in [0.25, 0.3) is 0 Å². The van der Waals surface area contributed by atoms with Gasteiger partial charge in [0.1, 0.15) is 5.82 Å². The number of benzene rings is 1. The van der Waals surface area contributed by atoms with Gasteiger partial charge in [-0.15, -0.1) is 0 Å². The molecule has 0 aliphatic heterocycles. The number of hydrogen-bond donors (Lipinski definition) is 1. The van der Waals surface area contributed by atoms with Gasteiger partial charge in [0, 0.05) is 18.3 Å². The van der Waals surface area contributed by atoms with Crippen molar-refractivity contribution in [3.63, 3.8) is 0 Å². The monoisotopic (exact) mass is 296 g/mol. The number of rotatable bonds is 8. The minimum Gasteiger partial charge on any atom is -0.369 e. The average Bonchev–Trinajstić information content (AvgIpc) is 2.55. The number of hydrogen-bond acceptors (Lipinski definition) is 3. The molecule has 1 heterocycles. The quantitative estimate of drug-likeness (QED) is 0.571. The number of aryl methyl sites for hydroxylation is 1. The maximum atomic E-state index is 12.7. The van der Waals surface area contributed by atoms with Gasteiger partial charge in [-0.05, 0) is 31.0 Å². The molecular weight excluding hydrogens is 272 g/mol. The van der Waals surface area contributed by atoms with Crippen LogP contribution in [0.3, 0.4) is 0 Å². The molecule has 0 saturated heterocycles. The Morgan fingerprint density at radius 2 is 1.82 bits per heavy atom. The third kappa shape index (κ3) is 4.17. The first-order valence-corrected chi connectivity index (χ1v) is 8.03. The second-order valence-electron chi connectivity index (χ2n) is 5.53. The summed E-state index contributed by atoms with van der Waals surface area (Å²) in [5.74, 6) is 0.717. The van der Waals surface area contributed by atoms with E-state index >= 15 is 0 Å². The van der Waals surface area contributed by atoms with Crippen LogP contribution in [0, 0.1) is 6.92 Å². The Morgan fingerprint density at radius 3 is 2.59 bits per heavy atom. The van der Waals surface area contributed by atoms with Crippen molar-refractivity contribution in [2.45, 2.75) is 39.5 Å². The third-order valence-electron chi connectivity index (χ3n) is 3.76. The molecule has 0 radical (unpaired) electrons. The average molecular weight is 296 g/mol. The number of pyridine rings is 1. The summed E-state index contributed by atoms with van der Waals surface area (Å²) in [6.07, 6.45) is 6.50. The number of nitrogens with zero attached hydrogens (tertiary/aromatic N) is 1. The molecule has 0 bridgehead atoms. The molecule has 0 amide bonds. The van der Waals surface area contributed by atoms with Gasteiger partial charge in [0.2, 0.25) is 0 Å². The SMILES string of the molecule is CCCCCCNc1ncccc1C(=O)c1ccccc1C. The first-order chi connectivity index (χ1) is 10.7. The first kappa shape index (κ1) is 16.2. The summed E-state index contributed by atoms with van der Waals surface area (Å²) in [5.41, 5.74) is 2.38. The number of anilines is 1. The fraction of sp³-hybridized carbons (Fsp3) is 0.368. The Labute approximate surface area is 132 Å². The normalized spacial score (nSPS) is 10.5. The van der Waals surface area contributed by atoms with Gasteiger partial charge < -0.3 is 5.32 Å². The molecule has 0 unspecified atom stereocenters. The van der Waals surface area contributed by atoms with E-state index in [1.165, 1.54) is 19.3 Å². The molecule has 116 valence electrons. The number of carbonyl (C=O) groups is 1. The fourth-order valence-electron chi connectivity index (χ4n) is 2.46. The van der Waals surface area contributed by atoms with Crippen molar-refractivity contribution in [3.05, 3.63) is 59.3 Å². The van der Waals surface area contributed by atoms with E-state index in [1.54, 1.807) is 6.20 Å². The van der Waals surface area contributed by atoms with Gasteiger partial charge in [-0.2, -0.15) is 0 Å². The zero-order valence-corrected chi connectivity index (χ0v) is 13.4. The van der Waals surface area contributed by atoms with Crippen LogP contribution in [0.2, 0.25) is 0 Å². The highest BCUT2D eigenvalue weighted by Crippen LogP contribution is 2.19. The lowest BCUT2D eigenvalue weighted by Crippen LogP contribution is -2.11. The van der Waals surface area contributed by atoms with Crippen molar-refractivity contribution >= 4 is 11.6 Å². The van der Waals surface area contributed by atoms with E-state index in [9.17, 15) is 4.79 Å². The molecule has 22 heavy (non-hydrogen) atoms. The van der Waals surface area contributed by atoms with Gasteiger partial charge in [0.25, 0.3) is 0 Å². The van der Waals surface area contributed by atoms with Crippen molar-refractivity contribution < 1.29 is 4.79 Å². The minimum absolute atomic E-state index is 0.0299. The van der Waals surface area contributed by atoms with Crippen LogP contribution in [0.1, 0.15) is 54.1 Å². The number of aromatic nitrogens is 1. The summed E-state index contributed by atoms with van der Waals surface area (Å²) in [6, 6.07) is 11.3. The molecule has 0 spiro atoms. The molecule has 3 heteroatoms. The molecule has 0 atom stereocenters. The summed E-state index contributed by atoms with van der Waals surface area (Å²) in [7, 11) is 0. The molecular formula is C19H24N2O. The lowest BCUT2D eigenvalue weighted by Gasteiger charge is -2.11. The van der Waals surface area contributed by atoms with Crippen molar-refractivity contribution in [2.75, 3.05) is 11.9 Å². The Hall–Kier alpha value is -2.16. The Morgan fingerprint density at radius 1 is 1.05 bits per heavy atom. The highest BCUT2D eigenvalue weighted by atomic mass is 16.1. The van der Waals surface area contributed by atoms with Crippen LogP contribution in [-0.4, -0.2) is 17.3 Å². The van der Waals surface area contributed by atoms with Crippen molar-refractivity contribution in [1.29, 1.82) is 0 Å².